The molecule has 1 fully saturated rings. The maximum atomic E-state index is 11.7. The number of aliphatic carboxylic acids is 1. The molecule has 1 rings (SSSR count). The average molecular weight is 199 g/mol. The van der Waals surface area contributed by atoms with Gasteiger partial charge in [-0.05, 0) is 12.3 Å². The van der Waals surface area contributed by atoms with Crippen LogP contribution in [0.15, 0.2) is 0 Å². The second-order valence-electron chi connectivity index (χ2n) is 4.24. The Balaban J connectivity index is 2.79. The third kappa shape index (κ3) is 1.89. The van der Waals surface area contributed by atoms with Crippen molar-refractivity contribution in [2.75, 3.05) is 6.54 Å². The molecular weight excluding hydrogens is 182 g/mol. The van der Waals surface area contributed by atoms with Crippen LogP contribution in [0.1, 0.15) is 27.2 Å². The molecule has 0 spiro atoms. The fraction of sp³-hybridized carbons (Fsp3) is 0.800. The molecule has 0 aromatic carbocycles. The van der Waals surface area contributed by atoms with E-state index in [0.29, 0.717) is 6.54 Å². The second kappa shape index (κ2) is 3.98. The normalized spacial score (nSPS) is 27.0. The number of amides is 1. The summed E-state index contributed by atoms with van der Waals surface area (Å²) >= 11 is 0. The summed E-state index contributed by atoms with van der Waals surface area (Å²) in [4.78, 5) is 24.1. The third-order valence-electron chi connectivity index (χ3n) is 2.73. The number of carboxylic acid groups (broad SMARTS) is 1. The van der Waals surface area contributed by atoms with Gasteiger partial charge in [-0.3, -0.25) is 4.79 Å². The van der Waals surface area contributed by atoms with E-state index < -0.39 is 12.0 Å². The fourth-order valence-electron chi connectivity index (χ4n) is 1.90. The number of likely N-dealkylation sites (tertiary alicyclic amines) is 1. The van der Waals surface area contributed by atoms with Gasteiger partial charge in [-0.25, -0.2) is 4.79 Å². The second-order valence-corrected chi connectivity index (χ2v) is 4.24. The first-order chi connectivity index (χ1) is 6.45. The zero-order valence-corrected chi connectivity index (χ0v) is 8.86. The Bertz CT molecular complexity index is 250. The molecule has 0 aromatic heterocycles. The lowest BCUT2D eigenvalue weighted by Crippen LogP contribution is -2.44. The van der Waals surface area contributed by atoms with Gasteiger partial charge < -0.3 is 10.0 Å². The largest absolute Gasteiger partial charge is 0.480 e. The van der Waals surface area contributed by atoms with Gasteiger partial charge in [0.25, 0.3) is 0 Å². The number of hydrogen-bond acceptors (Lipinski definition) is 2. The van der Waals surface area contributed by atoms with Gasteiger partial charge in [0.2, 0.25) is 5.91 Å². The molecule has 14 heavy (non-hydrogen) atoms. The maximum Gasteiger partial charge on any atom is 0.326 e. The molecule has 2 unspecified atom stereocenters. The molecular formula is C10H17NO3. The number of carbonyl (C=O) groups is 2. The summed E-state index contributed by atoms with van der Waals surface area (Å²) in [5.74, 6) is -0.997. The van der Waals surface area contributed by atoms with Crippen molar-refractivity contribution in [3.63, 3.8) is 0 Å². The summed E-state index contributed by atoms with van der Waals surface area (Å²) in [6.07, 6.45) is 0.787. The van der Waals surface area contributed by atoms with E-state index in [1.807, 2.05) is 6.92 Å². The molecule has 0 aliphatic carbocycles. The smallest absolute Gasteiger partial charge is 0.326 e. The van der Waals surface area contributed by atoms with Crippen molar-refractivity contribution in [1.29, 1.82) is 0 Å². The highest BCUT2D eigenvalue weighted by molar-refractivity contribution is 5.85. The molecule has 1 aliphatic heterocycles. The van der Waals surface area contributed by atoms with E-state index in [9.17, 15) is 9.59 Å². The third-order valence-corrected chi connectivity index (χ3v) is 2.73. The Morgan fingerprint density at radius 1 is 1.43 bits per heavy atom. The van der Waals surface area contributed by atoms with Crippen LogP contribution in [0.5, 0.6) is 0 Å². The Morgan fingerprint density at radius 3 is 2.43 bits per heavy atom. The van der Waals surface area contributed by atoms with E-state index in [-0.39, 0.29) is 17.7 Å². The van der Waals surface area contributed by atoms with Crippen LogP contribution >= 0.6 is 0 Å². The van der Waals surface area contributed by atoms with Gasteiger partial charge in [0, 0.05) is 12.5 Å². The van der Waals surface area contributed by atoms with Crippen LogP contribution in [0.3, 0.4) is 0 Å². The summed E-state index contributed by atoms with van der Waals surface area (Å²) < 4.78 is 0. The van der Waals surface area contributed by atoms with Crippen LogP contribution in [-0.2, 0) is 9.59 Å². The van der Waals surface area contributed by atoms with Crippen LogP contribution in [0.25, 0.3) is 0 Å². The average Bonchev–Trinajstić information content (AvgIpc) is 2.45. The quantitative estimate of drug-likeness (QED) is 0.720. The van der Waals surface area contributed by atoms with Crippen molar-refractivity contribution in [2.45, 2.75) is 33.2 Å². The Kier molecular flexibility index (Phi) is 3.13. The number of nitrogens with zero attached hydrogens (tertiary/aromatic N) is 1. The summed E-state index contributed by atoms with van der Waals surface area (Å²) in [6.45, 7) is 6.05. The van der Waals surface area contributed by atoms with E-state index in [1.54, 1.807) is 13.8 Å². The van der Waals surface area contributed by atoms with Crippen LogP contribution in [0, 0.1) is 11.8 Å². The predicted molar refractivity (Wildman–Crippen MR) is 51.8 cm³/mol. The highest BCUT2D eigenvalue weighted by Gasteiger charge is 2.39. The number of hydrogen-bond donors (Lipinski definition) is 1. The monoisotopic (exact) mass is 199 g/mol. The van der Waals surface area contributed by atoms with Gasteiger partial charge in [-0.1, -0.05) is 20.8 Å². The lowest BCUT2D eigenvalue weighted by Gasteiger charge is -2.24. The molecule has 80 valence electrons. The molecule has 4 heteroatoms. The molecule has 0 radical (unpaired) electrons. The van der Waals surface area contributed by atoms with Crippen LogP contribution in [0.4, 0.5) is 0 Å². The summed E-state index contributed by atoms with van der Waals surface area (Å²) in [7, 11) is 0. The summed E-state index contributed by atoms with van der Waals surface area (Å²) in [6, 6.07) is -0.620. The minimum atomic E-state index is -0.885. The zero-order valence-electron chi connectivity index (χ0n) is 8.86. The van der Waals surface area contributed by atoms with Crippen LogP contribution in [-0.4, -0.2) is 34.5 Å². The number of carbonyl (C=O) groups excluding carboxylic acids is 1. The van der Waals surface area contributed by atoms with E-state index in [0.717, 1.165) is 6.42 Å². The molecule has 1 saturated heterocycles. The Morgan fingerprint density at radius 2 is 2.00 bits per heavy atom. The van der Waals surface area contributed by atoms with E-state index in [2.05, 4.69) is 0 Å². The fourth-order valence-corrected chi connectivity index (χ4v) is 1.90. The summed E-state index contributed by atoms with van der Waals surface area (Å²) in [5, 5.41) is 8.99. The predicted octanol–water partition coefficient (Wildman–Crippen LogP) is 0.964. The lowest BCUT2D eigenvalue weighted by molar-refractivity contribution is -0.150. The van der Waals surface area contributed by atoms with Gasteiger partial charge >= 0.3 is 5.97 Å². The van der Waals surface area contributed by atoms with Crippen molar-refractivity contribution in [2.24, 2.45) is 11.8 Å². The minimum Gasteiger partial charge on any atom is -0.480 e. The maximum absolute atomic E-state index is 11.7. The molecule has 2 atom stereocenters. The van der Waals surface area contributed by atoms with Crippen molar-refractivity contribution in [3.05, 3.63) is 0 Å². The molecule has 0 bridgehead atoms. The molecule has 1 N–H and O–H groups in total. The number of rotatable bonds is 2. The lowest BCUT2D eigenvalue weighted by atomic mass is 10.0. The van der Waals surface area contributed by atoms with Crippen molar-refractivity contribution in [3.8, 4) is 0 Å². The van der Waals surface area contributed by atoms with Crippen LogP contribution < -0.4 is 0 Å². The first-order valence-electron chi connectivity index (χ1n) is 4.98. The first kappa shape index (κ1) is 11.0. The van der Waals surface area contributed by atoms with E-state index in [4.69, 9.17) is 5.11 Å². The number of carboxylic acids is 1. The molecule has 1 heterocycles. The highest BCUT2D eigenvalue weighted by Crippen LogP contribution is 2.25. The van der Waals surface area contributed by atoms with E-state index in [1.165, 1.54) is 4.90 Å². The van der Waals surface area contributed by atoms with Gasteiger partial charge in [0.15, 0.2) is 0 Å². The molecule has 0 saturated carbocycles. The Labute approximate surface area is 83.9 Å². The zero-order chi connectivity index (χ0) is 10.9. The van der Waals surface area contributed by atoms with Gasteiger partial charge in [-0.2, -0.15) is 0 Å². The topological polar surface area (TPSA) is 57.6 Å². The molecule has 1 aliphatic rings. The van der Waals surface area contributed by atoms with Gasteiger partial charge in [-0.15, -0.1) is 0 Å². The Hall–Kier alpha value is -1.06. The van der Waals surface area contributed by atoms with Crippen molar-refractivity contribution < 1.29 is 14.7 Å². The molecule has 0 aromatic rings. The minimum absolute atomic E-state index is 0.0539. The molecule has 4 nitrogen and oxygen atoms in total. The SMILES string of the molecule is CC(C)C(=O)N1CCC(C)C1C(=O)O. The van der Waals surface area contributed by atoms with Crippen molar-refractivity contribution >= 4 is 11.9 Å². The molecule has 1 amide bonds. The highest BCUT2D eigenvalue weighted by atomic mass is 16.4. The first-order valence-corrected chi connectivity index (χ1v) is 4.98. The van der Waals surface area contributed by atoms with Gasteiger partial charge in [0.1, 0.15) is 6.04 Å². The van der Waals surface area contributed by atoms with E-state index >= 15 is 0 Å². The van der Waals surface area contributed by atoms with Crippen molar-refractivity contribution in [1.82, 2.24) is 4.90 Å². The van der Waals surface area contributed by atoms with Gasteiger partial charge in [0.05, 0.1) is 0 Å². The summed E-state index contributed by atoms with van der Waals surface area (Å²) in [5.41, 5.74) is 0. The van der Waals surface area contributed by atoms with Crippen LogP contribution in [0.2, 0.25) is 0 Å². The standard InChI is InChI=1S/C10H17NO3/c1-6(2)9(12)11-5-4-7(3)8(11)10(13)14/h6-8H,4-5H2,1-3H3,(H,13,14).